The van der Waals surface area contributed by atoms with E-state index < -0.39 is 29.6 Å². The lowest BCUT2D eigenvalue weighted by Gasteiger charge is -2.33. The number of benzene rings is 1. The van der Waals surface area contributed by atoms with Gasteiger partial charge < -0.3 is 25.0 Å². The van der Waals surface area contributed by atoms with Gasteiger partial charge in [0.25, 0.3) is 5.91 Å². The average molecular weight is 693 g/mol. The Kier molecular flexibility index (Phi) is 8.43. The van der Waals surface area contributed by atoms with Gasteiger partial charge in [0.05, 0.1) is 46.8 Å². The fraction of sp³-hybridized carbons (Fsp3) is 0.562. The molecule has 0 bridgehead atoms. The molecule has 6 heterocycles. The van der Waals surface area contributed by atoms with Crippen LogP contribution in [-0.4, -0.2) is 87.5 Å². The highest BCUT2D eigenvalue weighted by molar-refractivity contribution is 6.34. The number of nitrogens with zero attached hydrogens (tertiary/aromatic N) is 7. The van der Waals surface area contributed by atoms with Crippen molar-refractivity contribution in [3.63, 3.8) is 0 Å². The van der Waals surface area contributed by atoms with Gasteiger partial charge in [-0.2, -0.15) is 28.2 Å². The molecule has 2 aromatic heterocycles. The fourth-order valence-electron chi connectivity index (χ4n) is 7.52. The summed E-state index contributed by atoms with van der Waals surface area (Å²) in [6.07, 6.45) is -3.77. The Labute approximate surface area is 279 Å². The van der Waals surface area contributed by atoms with E-state index in [4.69, 9.17) is 36.8 Å². The van der Waals surface area contributed by atoms with Gasteiger partial charge >= 0.3 is 12.2 Å². The first-order valence-corrected chi connectivity index (χ1v) is 16.4. The minimum Gasteiger partial charge on any atom is -0.461 e. The van der Waals surface area contributed by atoms with Crippen molar-refractivity contribution in [1.29, 1.82) is 0 Å². The van der Waals surface area contributed by atoms with Crippen molar-refractivity contribution in [1.82, 2.24) is 29.5 Å². The van der Waals surface area contributed by atoms with E-state index in [-0.39, 0.29) is 60.1 Å². The van der Waals surface area contributed by atoms with Gasteiger partial charge in [-0.15, -0.1) is 0 Å². The number of nitrogen functional groups attached to an aromatic ring is 1. The standard InChI is InChI=1S/C32H37ClF4N8O3/c1-42(2)29(46)27-26(33)24-15-43(8-4-10-45(24)41-27)28-21-16-47-25(20-11-19(38)5-6-22(20)32(35,36)37)12-23(21)39-30(40-28)48-17-31-7-3-9-44(31)14-18(34)13-31/h5-6,11,18,25H,3-4,7-10,12-17,38H2,1-2H3/t18-,25-,31+/m1/s1. The molecule has 0 spiro atoms. The van der Waals surface area contributed by atoms with Crippen LogP contribution >= 0.6 is 11.6 Å². The molecule has 258 valence electrons. The van der Waals surface area contributed by atoms with Crippen molar-refractivity contribution < 1.29 is 31.8 Å². The highest BCUT2D eigenvalue weighted by atomic mass is 35.5. The highest BCUT2D eigenvalue weighted by Crippen LogP contribution is 2.43. The number of rotatable bonds is 6. The van der Waals surface area contributed by atoms with Crippen LogP contribution in [0.4, 0.5) is 29.1 Å². The van der Waals surface area contributed by atoms with E-state index in [2.05, 4.69) is 10.00 Å². The van der Waals surface area contributed by atoms with Crippen LogP contribution in [0.1, 0.15) is 70.4 Å². The van der Waals surface area contributed by atoms with E-state index in [1.165, 1.54) is 17.0 Å². The van der Waals surface area contributed by atoms with Gasteiger partial charge in [0.2, 0.25) is 0 Å². The number of hydrogen-bond donors (Lipinski definition) is 1. The van der Waals surface area contributed by atoms with Crippen molar-refractivity contribution in [2.75, 3.05) is 51.0 Å². The molecular weight excluding hydrogens is 656 g/mol. The van der Waals surface area contributed by atoms with Gasteiger partial charge in [-0.25, -0.2) is 4.39 Å². The predicted octanol–water partition coefficient (Wildman–Crippen LogP) is 4.81. The number of nitrogens with two attached hydrogens (primary N) is 1. The maximum Gasteiger partial charge on any atom is 0.416 e. The third-order valence-corrected chi connectivity index (χ3v) is 10.3. The molecule has 11 nitrogen and oxygen atoms in total. The second kappa shape index (κ2) is 12.3. The Morgan fingerprint density at radius 1 is 1.21 bits per heavy atom. The molecule has 1 aromatic carbocycles. The van der Waals surface area contributed by atoms with Gasteiger partial charge in [0.1, 0.15) is 18.6 Å². The summed E-state index contributed by atoms with van der Waals surface area (Å²) in [6.45, 7) is 2.60. The smallest absolute Gasteiger partial charge is 0.416 e. The number of anilines is 2. The van der Waals surface area contributed by atoms with Gasteiger partial charge in [-0.05, 0) is 49.6 Å². The number of ether oxygens (including phenoxy) is 2. The van der Waals surface area contributed by atoms with E-state index in [1.54, 1.807) is 18.8 Å². The summed E-state index contributed by atoms with van der Waals surface area (Å²) in [5, 5.41) is 4.75. The first-order valence-electron chi connectivity index (χ1n) is 16.0. The molecule has 0 aliphatic carbocycles. The molecule has 48 heavy (non-hydrogen) atoms. The predicted molar refractivity (Wildman–Crippen MR) is 169 cm³/mol. The van der Waals surface area contributed by atoms with Gasteiger partial charge in [-0.3, -0.25) is 14.4 Å². The third kappa shape index (κ3) is 5.93. The summed E-state index contributed by atoms with van der Waals surface area (Å²) in [5.74, 6) is 0.183. The van der Waals surface area contributed by atoms with Crippen LogP contribution < -0.4 is 15.4 Å². The van der Waals surface area contributed by atoms with Crippen molar-refractivity contribution in [2.24, 2.45) is 0 Å². The average Bonchev–Trinajstić information content (AvgIpc) is 3.60. The molecule has 0 unspecified atom stereocenters. The Bertz CT molecular complexity index is 1740. The molecule has 2 fully saturated rings. The van der Waals surface area contributed by atoms with E-state index in [0.717, 1.165) is 25.5 Å². The lowest BCUT2D eigenvalue weighted by atomic mass is 9.94. The van der Waals surface area contributed by atoms with Crippen molar-refractivity contribution in [3.05, 3.63) is 57.0 Å². The Morgan fingerprint density at radius 2 is 2.02 bits per heavy atom. The Morgan fingerprint density at radius 3 is 2.79 bits per heavy atom. The van der Waals surface area contributed by atoms with E-state index in [9.17, 15) is 22.4 Å². The maximum atomic E-state index is 14.5. The number of alkyl halides is 4. The largest absolute Gasteiger partial charge is 0.461 e. The zero-order valence-corrected chi connectivity index (χ0v) is 27.5. The summed E-state index contributed by atoms with van der Waals surface area (Å²) in [7, 11) is 3.26. The number of carbonyl (C=O) groups is 1. The molecule has 4 aliphatic rings. The minimum atomic E-state index is -4.61. The molecule has 0 radical (unpaired) electrons. The second-order valence-corrected chi connectivity index (χ2v) is 13.7. The van der Waals surface area contributed by atoms with Crippen LogP contribution in [0, 0.1) is 0 Å². The summed E-state index contributed by atoms with van der Waals surface area (Å²) < 4.78 is 70.8. The van der Waals surface area contributed by atoms with Crippen molar-refractivity contribution >= 4 is 29.0 Å². The third-order valence-electron chi connectivity index (χ3n) is 9.86. The molecule has 2 N–H and O–H groups in total. The van der Waals surface area contributed by atoms with Gasteiger partial charge in [-0.1, -0.05) is 11.6 Å². The zero-order valence-electron chi connectivity index (χ0n) is 26.7. The topological polar surface area (TPSA) is 115 Å². The molecule has 1 amide bonds. The maximum absolute atomic E-state index is 14.5. The zero-order chi connectivity index (χ0) is 34.0. The number of hydrogen-bond acceptors (Lipinski definition) is 9. The van der Waals surface area contributed by atoms with Crippen LogP contribution in [-0.2, 0) is 37.0 Å². The quantitative estimate of drug-likeness (QED) is 0.287. The normalized spacial score (nSPS) is 24.2. The first-order chi connectivity index (χ1) is 22.8. The van der Waals surface area contributed by atoms with Gasteiger partial charge in [0.15, 0.2) is 5.69 Å². The second-order valence-electron chi connectivity index (χ2n) is 13.3. The molecule has 7 rings (SSSR count). The van der Waals surface area contributed by atoms with Gasteiger partial charge in [0, 0.05) is 57.8 Å². The summed E-state index contributed by atoms with van der Waals surface area (Å²) >= 11 is 6.74. The monoisotopic (exact) mass is 692 g/mol. The Balaban J connectivity index is 1.26. The molecular formula is C32H37ClF4N8O3. The number of amides is 1. The van der Waals surface area contributed by atoms with Crippen LogP contribution in [0.2, 0.25) is 5.02 Å². The summed E-state index contributed by atoms with van der Waals surface area (Å²) in [4.78, 5) is 27.9. The lowest BCUT2D eigenvalue weighted by molar-refractivity contribution is -0.139. The fourth-order valence-corrected chi connectivity index (χ4v) is 7.80. The lowest BCUT2D eigenvalue weighted by Crippen LogP contribution is -2.43. The number of aryl methyl sites for hydroxylation is 1. The van der Waals surface area contributed by atoms with Crippen molar-refractivity contribution in [3.8, 4) is 6.01 Å². The Hall–Kier alpha value is -3.69. The molecule has 4 aliphatic heterocycles. The summed E-state index contributed by atoms with van der Waals surface area (Å²) in [5.41, 5.74) is 6.67. The highest BCUT2D eigenvalue weighted by Gasteiger charge is 2.49. The van der Waals surface area contributed by atoms with Crippen LogP contribution in [0.5, 0.6) is 6.01 Å². The number of carbonyl (C=O) groups excluding carboxylic acids is 1. The molecule has 0 saturated carbocycles. The molecule has 16 heteroatoms. The van der Waals surface area contributed by atoms with Crippen LogP contribution in [0.15, 0.2) is 18.2 Å². The SMILES string of the molecule is CN(C)C(=O)c1nn2c(c1Cl)CN(c1nc(OC[C@@]34CCCN3C[C@H](F)C4)nc3c1CO[C@@H](c1cc(N)ccc1C(F)(F)F)C3)CCC2. The van der Waals surface area contributed by atoms with E-state index in [1.807, 2.05) is 4.90 Å². The number of aromatic nitrogens is 4. The van der Waals surface area contributed by atoms with Crippen LogP contribution in [0.25, 0.3) is 0 Å². The van der Waals surface area contributed by atoms with Crippen molar-refractivity contribution in [2.45, 2.75) is 75.8 Å². The first kappa shape index (κ1) is 32.8. The summed E-state index contributed by atoms with van der Waals surface area (Å²) in [6, 6.07) is 3.54. The molecule has 3 atom stereocenters. The van der Waals surface area contributed by atoms with Crippen LogP contribution in [0.3, 0.4) is 0 Å². The number of fused-ring (bicyclic) bond motifs is 3. The molecule has 2 saturated heterocycles. The van der Waals surface area contributed by atoms with E-state index in [0.29, 0.717) is 55.2 Å². The number of halogens is 5. The van der Waals surface area contributed by atoms with E-state index >= 15 is 0 Å². The minimum absolute atomic E-state index is 0.0194. The molecule has 3 aromatic rings.